The van der Waals surface area contributed by atoms with E-state index in [2.05, 4.69) is 17.6 Å². The van der Waals surface area contributed by atoms with E-state index >= 15 is 0 Å². The van der Waals surface area contributed by atoms with Gasteiger partial charge < -0.3 is 15.4 Å². The molecule has 7 nitrogen and oxygen atoms in total. The highest BCUT2D eigenvalue weighted by Crippen LogP contribution is 2.31. The maximum Gasteiger partial charge on any atom is 0.338 e. The molecular weight excluding hydrogens is 406 g/mol. The molecule has 3 rings (SSSR count). The fourth-order valence-corrected chi connectivity index (χ4v) is 3.74. The topological polar surface area (TPSA) is 87.7 Å². The average molecular weight is 436 g/mol. The minimum Gasteiger partial charge on any atom is -0.463 e. The van der Waals surface area contributed by atoms with Crippen LogP contribution in [0, 0.1) is 0 Å². The van der Waals surface area contributed by atoms with Gasteiger partial charge in [-0.1, -0.05) is 31.2 Å². The highest BCUT2D eigenvalue weighted by atomic mass is 16.5. The summed E-state index contributed by atoms with van der Waals surface area (Å²) < 4.78 is 5.24. The number of nitrogens with one attached hydrogen (secondary N) is 2. The van der Waals surface area contributed by atoms with Crippen molar-refractivity contribution in [2.75, 3.05) is 18.5 Å². The quantitative estimate of drug-likeness (QED) is 0.630. The number of esters is 1. The Hall–Kier alpha value is -3.61. The van der Waals surface area contributed by atoms with Crippen LogP contribution in [0.25, 0.3) is 0 Å². The number of hydrogen-bond donors (Lipinski definition) is 2. The molecule has 3 amide bonds. The summed E-state index contributed by atoms with van der Waals surface area (Å²) in [6, 6.07) is 13.7. The van der Waals surface area contributed by atoms with Crippen LogP contribution in [0.4, 0.5) is 10.5 Å². The van der Waals surface area contributed by atoms with Gasteiger partial charge in [0, 0.05) is 23.5 Å². The van der Waals surface area contributed by atoms with E-state index in [1.54, 1.807) is 50.2 Å². The van der Waals surface area contributed by atoms with E-state index in [9.17, 15) is 14.4 Å². The maximum absolute atomic E-state index is 12.7. The number of nitrogens with zero attached hydrogens (tertiary/aromatic N) is 1. The average Bonchev–Trinajstić information content (AvgIpc) is 2.79. The summed E-state index contributed by atoms with van der Waals surface area (Å²) >= 11 is 0. The summed E-state index contributed by atoms with van der Waals surface area (Å²) in [5, 5.41) is 5.77. The Bertz CT molecular complexity index is 1030. The smallest absolute Gasteiger partial charge is 0.338 e. The van der Waals surface area contributed by atoms with Crippen molar-refractivity contribution < 1.29 is 19.1 Å². The number of carbonyl (C=O) groups excluding carboxylic acids is 3. The molecule has 0 spiro atoms. The molecule has 0 aliphatic carbocycles. The normalized spacial score (nSPS) is 15.9. The van der Waals surface area contributed by atoms with Crippen molar-refractivity contribution in [3.63, 3.8) is 0 Å². The molecule has 0 radical (unpaired) electrons. The van der Waals surface area contributed by atoms with Gasteiger partial charge in [-0.05, 0) is 62.6 Å². The molecule has 32 heavy (non-hydrogen) atoms. The Morgan fingerprint density at radius 1 is 1.03 bits per heavy atom. The number of aryl methyl sites for hydroxylation is 1. The molecule has 1 aliphatic rings. The van der Waals surface area contributed by atoms with Gasteiger partial charge in [-0.25, -0.2) is 9.59 Å². The lowest BCUT2D eigenvalue weighted by atomic mass is 9.94. The molecule has 2 aromatic rings. The zero-order valence-corrected chi connectivity index (χ0v) is 18.9. The van der Waals surface area contributed by atoms with E-state index in [1.165, 1.54) is 10.5 Å². The molecule has 0 bridgehead atoms. The van der Waals surface area contributed by atoms with Crippen molar-refractivity contribution in [3.8, 4) is 0 Å². The number of rotatable bonds is 7. The number of hydrogen-bond acceptors (Lipinski definition) is 4. The second-order valence-electron chi connectivity index (χ2n) is 7.47. The van der Waals surface area contributed by atoms with Gasteiger partial charge >= 0.3 is 12.0 Å². The third-order valence-electron chi connectivity index (χ3n) is 5.53. The molecule has 2 N–H and O–H groups in total. The van der Waals surface area contributed by atoms with Gasteiger partial charge in [-0.15, -0.1) is 0 Å². The van der Waals surface area contributed by atoms with Crippen molar-refractivity contribution in [1.29, 1.82) is 0 Å². The Labute approximate surface area is 188 Å². The second-order valence-corrected chi connectivity index (χ2v) is 7.47. The van der Waals surface area contributed by atoms with Crippen molar-refractivity contribution >= 4 is 23.6 Å². The molecule has 0 saturated heterocycles. The summed E-state index contributed by atoms with van der Waals surface area (Å²) in [4.78, 5) is 39.2. The number of benzene rings is 2. The second kappa shape index (κ2) is 10.1. The largest absolute Gasteiger partial charge is 0.463 e. The molecule has 1 atom stereocenters. The van der Waals surface area contributed by atoms with E-state index in [1.807, 2.05) is 19.1 Å². The Morgan fingerprint density at radius 2 is 1.69 bits per heavy atom. The lowest BCUT2D eigenvalue weighted by Gasteiger charge is -2.34. The predicted molar refractivity (Wildman–Crippen MR) is 123 cm³/mol. The van der Waals surface area contributed by atoms with Crippen LogP contribution in [-0.2, 0) is 16.0 Å². The number of carbonyl (C=O) groups is 3. The van der Waals surface area contributed by atoms with Gasteiger partial charge in [0.15, 0.2) is 0 Å². The first-order valence-electron chi connectivity index (χ1n) is 10.9. The molecule has 1 heterocycles. The Balaban J connectivity index is 1.82. The zero-order chi connectivity index (χ0) is 23.3. The molecule has 0 aromatic heterocycles. The molecule has 1 aliphatic heterocycles. The predicted octanol–water partition coefficient (Wildman–Crippen LogP) is 4.42. The lowest BCUT2D eigenvalue weighted by molar-refractivity contribution is -0.139. The first-order chi connectivity index (χ1) is 15.4. The third kappa shape index (κ3) is 4.82. The van der Waals surface area contributed by atoms with Crippen molar-refractivity contribution in [2.24, 2.45) is 0 Å². The maximum atomic E-state index is 12.7. The van der Waals surface area contributed by atoms with Crippen molar-refractivity contribution in [3.05, 3.63) is 76.5 Å². The van der Waals surface area contributed by atoms with E-state index in [4.69, 9.17) is 4.74 Å². The standard InChI is InChI=1S/C25H29N3O4/c1-5-17-8-10-19(11-9-17)23(29)26-20-14-12-18(13-15-20)22-21(24(30)32-7-3)16(4)28(6-2)25(31)27-22/h8-15,22H,5-7H2,1-4H3,(H,26,29)(H,27,31). The lowest BCUT2D eigenvalue weighted by Crippen LogP contribution is -2.47. The molecule has 7 heteroatoms. The first kappa shape index (κ1) is 23.1. The number of ether oxygens (including phenoxy) is 1. The molecule has 2 aromatic carbocycles. The summed E-state index contributed by atoms with van der Waals surface area (Å²) in [5.74, 6) is -0.658. The first-order valence-corrected chi connectivity index (χ1v) is 10.9. The number of urea groups is 1. The molecule has 0 saturated carbocycles. The number of amides is 3. The summed E-state index contributed by atoms with van der Waals surface area (Å²) in [7, 11) is 0. The fraction of sp³-hybridized carbons (Fsp3) is 0.320. The van der Waals surface area contributed by atoms with Gasteiger partial charge in [-0.3, -0.25) is 9.69 Å². The molecular formula is C25H29N3O4. The van der Waals surface area contributed by atoms with Crippen LogP contribution in [0.5, 0.6) is 0 Å². The van der Waals surface area contributed by atoms with Crippen LogP contribution in [-0.4, -0.2) is 36.0 Å². The third-order valence-corrected chi connectivity index (χ3v) is 5.53. The van der Waals surface area contributed by atoms with Crippen LogP contribution < -0.4 is 10.6 Å². The fourth-order valence-electron chi connectivity index (χ4n) is 3.74. The van der Waals surface area contributed by atoms with Gasteiger partial charge in [0.1, 0.15) is 0 Å². The van der Waals surface area contributed by atoms with Gasteiger partial charge in [-0.2, -0.15) is 0 Å². The summed E-state index contributed by atoms with van der Waals surface area (Å²) in [6.07, 6.45) is 0.915. The number of anilines is 1. The summed E-state index contributed by atoms with van der Waals surface area (Å²) in [5.41, 5.74) is 4.07. The molecule has 1 unspecified atom stereocenters. The number of allylic oxidation sites excluding steroid dienone is 1. The van der Waals surface area contributed by atoms with E-state index in [0.717, 1.165) is 12.0 Å². The van der Waals surface area contributed by atoms with Crippen molar-refractivity contribution in [1.82, 2.24) is 10.2 Å². The highest BCUT2D eigenvalue weighted by molar-refractivity contribution is 6.04. The van der Waals surface area contributed by atoms with Crippen LogP contribution in [0.3, 0.4) is 0 Å². The van der Waals surface area contributed by atoms with Crippen LogP contribution in [0.1, 0.15) is 55.2 Å². The van der Waals surface area contributed by atoms with E-state index < -0.39 is 12.0 Å². The zero-order valence-electron chi connectivity index (χ0n) is 18.9. The Kier molecular flexibility index (Phi) is 7.30. The van der Waals surface area contributed by atoms with E-state index in [0.29, 0.717) is 29.1 Å². The van der Waals surface area contributed by atoms with Crippen LogP contribution in [0.2, 0.25) is 0 Å². The van der Waals surface area contributed by atoms with Gasteiger partial charge in [0.05, 0.1) is 18.2 Å². The molecule has 168 valence electrons. The monoisotopic (exact) mass is 435 g/mol. The Morgan fingerprint density at radius 3 is 2.25 bits per heavy atom. The van der Waals surface area contributed by atoms with Gasteiger partial charge in [0.25, 0.3) is 5.91 Å². The SMILES string of the molecule is CCOC(=O)C1=C(C)N(CC)C(=O)NC1c1ccc(NC(=O)c2ccc(CC)cc2)cc1. The van der Waals surface area contributed by atoms with Crippen LogP contribution >= 0.6 is 0 Å². The minimum absolute atomic E-state index is 0.201. The van der Waals surface area contributed by atoms with E-state index in [-0.39, 0.29) is 18.5 Å². The molecule has 0 fully saturated rings. The van der Waals surface area contributed by atoms with Crippen molar-refractivity contribution in [2.45, 2.75) is 40.2 Å². The summed E-state index contributed by atoms with van der Waals surface area (Å²) in [6.45, 7) is 8.09. The van der Waals surface area contributed by atoms with Crippen LogP contribution in [0.15, 0.2) is 59.8 Å². The highest BCUT2D eigenvalue weighted by Gasteiger charge is 2.35. The van der Waals surface area contributed by atoms with Gasteiger partial charge in [0.2, 0.25) is 0 Å². The minimum atomic E-state index is -0.629.